The van der Waals surface area contributed by atoms with Gasteiger partial charge < -0.3 is 10.7 Å². The van der Waals surface area contributed by atoms with Crippen LogP contribution in [0.1, 0.15) is 30.3 Å². The summed E-state index contributed by atoms with van der Waals surface area (Å²) in [4.78, 5) is 7.46. The van der Waals surface area contributed by atoms with Crippen molar-refractivity contribution in [2.45, 2.75) is 24.5 Å². The number of aromatic amines is 1. The van der Waals surface area contributed by atoms with E-state index in [1.807, 2.05) is 12.1 Å². The van der Waals surface area contributed by atoms with E-state index in [0.717, 1.165) is 18.4 Å². The summed E-state index contributed by atoms with van der Waals surface area (Å²) in [7, 11) is -3.07. The third-order valence-electron chi connectivity index (χ3n) is 3.45. The zero-order chi connectivity index (χ0) is 12.8. The van der Waals surface area contributed by atoms with Crippen molar-refractivity contribution >= 4 is 26.6 Å². The number of sulfone groups is 1. The molecule has 0 radical (unpaired) electrons. The smallest absolute Gasteiger partial charge is 0.160 e. The number of hydrogen-bond donors (Lipinski definition) is 2. The lowest BCUT2D eigenvalue weighted by Crippen LogP contribution is -2.22. The highest BCUT2D eigenvalue weighted by atomic mass is 32.2. The zero-order valence-electron chi connectivity index (χ0n) is 9.89. The molecule has 1 atom stereocenters. The van der Waals surface area contributed by atoms with Crippen molar-refractivity contribution in [3.63, 3.8) is 0 Å². The lowest BCUT2D eigenvalue weighted by molar-refractivity contribution is 0.540. The van der Waals surface area contributed by atoms with Gasteiger partial charge in [0.1, 0.15) is 16.6 Å². The SMILES string of the molecule is Nc1cccc2[nH]c(C3CCCCS3(=O)=O)nc12. The van der Waals surface area contributed by atoms with E-state index in [-0.39, 0.29) is 5.75 Å². The second-order valence-electron chi connectivity index (χ2n) is 4.72. The van der Waals surface area contributed by atoms with Gasteiger partial charge >= 0.3 is 0 Å². The fourth-order valence-corrected chi connectivity index (χ4v) is 4.36. The van der Waals surface area contributed by atoms with E-state index in [2.05, 4.69) is 9.97 Å². The molecule has 1 aromatic heterocycles. The Labute approximate surface area is 105 Å². The molecule has 1 fully saturated rings. The van der Waals surface area contributed by atoms with Gasteiger partial charge in [0.25, 0.3) is 0 Å². The van der Waals surface area contributed by atoms with Crippen LogP contribution in [0.5, 0.6) is 0 Å². The van der Waals surface area contributed by atoms with Gasteiger partial charge in [0.05, 0.1) is 17.0 Å². The maximum atomic E-state index is 12.1. The highest BCUT2D eigenvalue weighted by Gasteiger charge is 2.32. The van der Waals surface area contributed by atoms with Crippen LogP contribution in [-0.4, -0.2) is 24.1 Å². The molecule has 1 aliphatic rings. The summed E-state index contributed by atoms with van der Waals surface area (Å²) < 4.78 is 24.1. The Morgan fingerprint density at radius 1 is 1.33 bits per heavy atom. The van der Waals surface area contributed by atoms with Crippen LogP contribution in [0, 0.1) is 0 Å². The number of aromatic nitrogens is 2. The number of para-hydroxylation sites is 1. The standard InChI is InChI=1S/C12H15N3O2S/c13-8-4-3-5-9-11(8)15-12(14-9)10-6-1-2-7-18(10,16)17/h3-5,10H,1-2,6-7,13H2,(H,14,15). The molecule has 0 amide bonds. The van der Waals surface area contributed by atoms with Crippen LogP contribution in [0.3, 0.4) is 0 Å². The number of nitrogen functional groups attached to an aromatic ring is 1. The molecule has 0 aliphatic carbocycles. The van der Waals surface area contributed by atoms with Gasteiger partial charge in [0, 0.05) is 0 Å². The van der Waals surface area contributed by atoms with Crippen molar-refractivity contribution in [3.05, 3.63) is 24.0 Å². The molecule has 2 aromatic rings. The van der Waals surface area contributed by atoms with Gasteiger partial charge in [0.2, 0.25) is 0 Å². The number of benzene rings is 1. The van der Waals surface area contributed by atoms with Crippen molar-refractivity contribution in [1.82, 2.24) is 9.97 Å². The van der Waals surface area contributed by atoms with Crippen molar-refractivity contribution in [3.8, 4) is 0 Å². The van der Waals surface area contributed by atoms with Crippen molar-refractivity contribution in [1.29, 1.82) is 0 Å². The van der Waals surface area contributed by atoms with Crippen LogP contribution in [0.15, 0.2) is 18.2 Å². The Bertz CT molecular complexity index is 690. The quantitative estimate of drug-likeness (QED) is 0.769. The first-order valence-electron chi connectivity index (χ1n) is 6.03. The molecule has 1 aliphatic heterocycles. The molecule has 1 saturated heterocycles. The molecule has 6 heteroatoms. The molecule has 0 saturated carbocycles. The number of anilines is 1. The molecule has 5 nitrogen and oxygen atoms in total. The first-order chi connectivity index (χ1) is 8.58. The predicted molar refractivity (Wildman–Crippen MR) is 70.9 cm³/mol. The van der Waals surface area contributed by atoms with Crippen LogP contribution in [0.4, 0.5) is 5.69 Å². The van der Waals surface area contributed by atoms with Gasteiger partial charge in [-0.05, 0) is 25.0 Å². The van der Waals surface area contributed by atoms with E-state index in [9.17, 15) is 8.42 Å². The summed E-state index contributed by atoms with van der Waals surface area (Å²) in [5, 5.41) is -0.502. The third-order valence-corrected chi connectivity index (χ3v) is 5.63. The lowest BCUT2D eigenvalue weighted by atomic mass is 10.2. The molecule has 0 bridgehead atoms. The van der Waals surface area contributed by atoms with E-state index in [4.69, 9.17) is 5.73 Å². The van der Waals surface area contributed by atoms with Gasteiger partial charge in [-0.2, -0.15) is 0 Å². The molecule has 2 heterocycles. The van der Waals surface area contributed by atoms with Gasteiger partial charge in [-0.1, -0.05) is 12.5 Å². The zero-order valence-corrected chi connectivity index (χ0v) is 10.7. The summed E-state index contributed by atoms with van der Waals surface area (Å²) >= 11 is 0. The molecule has 3 N–H and O–H groups in total. The van der Waals surface area contributed by atoms with Crippen LogP contribution in [0.2, 0.25) is 0 Å². The van der Waals surface area contributed by atoms with Gasteiger partial charge in [-0.25, -0.2) is 13.4 Å². The van der Waals surface area contributed by atoms with Crippen LogP contribution < -0.4 is 5.73 Å². The number of imidazole rings is 1. The average Bonchev–Trinajstić information content (AvgIpc) is 2.73. The van der Waals surface area contributed by atoms with E-state index in [1.165, 1.54) is 0 Å². The van der Waals surface area contributed by atoms with E-state index in [0.29, 0.717) is 23.4 Å². The molecule has 96 valence electrons. The number of nitrogens with one attached hydrogen (secondary N) is 1. The Balaban J connectivity index is 2.12. The molecule has 18 heavy (non-hydrogen) atoms. The number of nitrogens with two attached hydrogens (primary N) is 1. The van der Waals surface area contributed by atoms with E-state index in [1.54, 1.807) is 6.07 Å². The number of fused-ring (bicyclic) bond motifs is 1. The second-order valence-corrected chi connectivity index (χ2v) is 7.02. The van der Waals surface area contributed by atoms with Gasteiger partial charge in [-0.3, -0.25) is 0 Å². The highest BCUT2D eigenvalue weighted by molar-refractivity contribution is 7.91. The minimum Gasteiger partial charge on any atom is -0.397 e. The number of H-pyrrole nitrogens is 1. The number of rotatable bonds is 1. The molecule has 1 unspecified atom stereocenters. The lowest BCUT2D eigenvalue weighted by Gasteiger charge is -2.20. The predicted octanol–water partition coefficient (Wildman–Crippen LogP) is 1.78. The average molecular weight is 265 g/mol. The second kappa shape index (κ2) is 3.98. The topological polar surface area (TPSA) is 88.8 Å². The fourth-order valence-electron chi connectivity index (χ4n) is 2.49. The van der Waals surface area contributed by atoms with Crippen LogP contribution in [0.25, 0.3) is 11.0 Å². The highest BCUT2D eigenvalue weighted by Crippen LogP contribution is 2.33. The van der Waals surface area contributed by atoms with Crippen LogP contribution >= 0.6 is 0 Å². The Morgan fingerprint density at radius 2 is 2.17 bits per heavy atom. The van der Waals surface area contributed by atoms with Crippen molar-refractivity contribution in [2.75, 3.05) is 11.5 Å². The molecule has 0 spiro atoms. The number of hydrogen-bond acceptors (Lipinski definition) is 4. The largest absolute Gasteiger partial charge is 0.397 e. The van der Waals surface area contributed by atoms with Crippen LogP contribution in [-0.2, 0) is 9.84 Å². The summed E-state index contributed by atoms with van der Waals surface area (Å²) in [6, 6.07) is 5.45. The molecule has 1 aromatic carbocycles. The molecular formula is C12H15N3O2S. The fraction of sp³-hybridized carbons (Fsp3) is 0.417. The number of nitrogens with zero attached hydrogens (tertiary/aromatic N) is 1. The first kappa shape index (κ1) is 11.5. The maximum absolute atomic E-state index is 12.1. The molecular weight excluding hydrogens is 250 g/mol. The Hall–Kier alpha value is -1.56. The van der Waals surface area contributed by atoms with Crippen molar-refractivity contribution < 1.29 is 8.42 Å². The maximum Gasteiger partial charge on any atom is 0.160 e. The van der Waals surface area contributed by atoms with E-state index >= 15 is 0 Å². The minimum absolute atomic E-state index is 0.254. The summed E-state index contributed by atoms with van der Waals surface area (Å²) in [6.07, 6.45) is 2.32. The Morgan fingerprint density at radius 3 is 2.89 bits per heavy atom. The monoisotopic (exact) mass is 265 g/mol. The normalized spacial score (nSPS) is 23.2. The van der Waals surface area contributed by atoms with Gasteiger partial charge in [0.15, 0.2) is 9.84 Å². The summed E-state index contributed by atoms with van der Waals surface area (Å²) in [5.41, 5.74) is 7.86. The summed E-state index contributed by atoms with van der Waals surface area (Å²) in [6.45, 7) is 0. The third kappa shape index (κ3) is 1.77. The molecule has 3 rings (SSSR count). The first-order valence-corrected chi connectivity index (χ1v) is 7.75. The van der Waals surface area contributed by atoms with Crippen molar-refractivity contribution in [2.24, 2.45) is 0 Å². The summed E-state index contributed by atoms with van der Waals surface area (Å²) in [5.74, 6) is 0.784. The minimum atomic E-state index is -3.07. The van der Waals surface area contributed by atoms with Gasteiger partial charge in [-0.15, -0.1) is 0 Å². The van der Waals surface area contributed by atoms with E-state index < -0.39 is 15.1 Å². The Kier molecular flexibility index (Phi) is 2.55.